The van der Waals surface area contributed by atoms with Crippen LogP contribution in [0.2, 0.25) is 0 Å². The first-order valence-electron chi connectivity index (χ1n) is 6.39. The van der Waals surface area contributed by atoms with Gasteiger partial charge in [0.05, 0.1) is 12.1 Å². The van der Waals surface area contributed by atoms with E-state index >= 15 is 0 Å². The van der Waals surface area contributed by atoms with Crippen LogP contribution in [0.25, 0.3) is 0 Å². The first-order valence-corrected chi connectivity index (χ1v) is 6.39. The van der Waals surface area contributed by atoms with Gasteiger partial charge in [0.1, 0.15) is 5.82 Å². The lowest BCUT2D eigenvalue weighted by Crippen LogP contribution is -2.29. The van der Waals surface area contributed by atoms with E-state index in [1.54, 1.807) is 0 Å². The minimum absolute atomic E-state index is 0.0722. The van der Waals surface area contributed by atoms with Crippen LogP contribution in [0.1, 0.15) is 21.5 Å². The average molecular weight is 324 g/mol. The number of aromatic nitrogens is 1. The fourth-order valence-corrected chi connectivity index (χ4v) is 1.86. The van der Waals surface area contributed by atoms with Crippen LogP contribution in [0.15, 0.2) is 42.6 Å². The summed E-state index contributed by atoms with van der Waals surface area (Å²) in [5, 5.41) is 9.23. The molecule has 1 aromatic carbocycles. The number of nitrogens with zero attached hydrogens (tertiary/aromatic N) is 2. The summed E-state index contributed by atoms with van der Waals surface area (Å²) < 4.78 is 37.5. The van der Waals surface area contributed by atoms with E-state index in [-0.39, 0.29) is 17.9 Å². The van der Waals surface area contributed by atoms with E-state index in [0.717, 1.165) is 17.0 Å². The van der Waals surface area contributed by atoms with E-state index in [4.69, 9.17) is 0 Å². The highest BCUT2D eigenvalue weighted by atomic mass is 19.4. The summed E-state index contributed by atoms with van der Waals surface area (Å²) in [4.78, 5) is 26.6. The molecule has 1 amide bonds. The van der Waals surface area contributed by atoms with E-state index in [1.165, 1.54) is 30.5 Å². The van der Waals surface area contributed by atoms with Gasteiger partial charge < -0.3 is 5.11 Å². The highest BCUT2D eigenvalue weighted by Crippen LogP contribution is 2.29. The lowest BCUT2D eigenvalue weighted by Gasteiger charge is -2.18. The molecule has 0 atom stereocenters. The van der Waals surface area contributed by atoms with Crippen molar-refractivity contribution in [3.8, 4) is 0 Å². The molecular weight excluding hydrogens is 313 g/mol. The number of hydrogen-bond donors (Lipinski definition) is 1. The summed E-state index contributed by atoms with van der Waals surface area (Å²) in [6.07, 6.45) is -3.98. The minimum Gasteiger partial charge on any atom is -0.465 e. The smallest absolute Gasteiger partial charge is 0.416 e. The summed E-state index contributed by atoms with van der Waals surface area (Å²) in [5.41, 5.74) is -0.146. The Morgan fingerprint density at radius 2 is 1.83 bits per heavy atom. The highest BCUT2D eigenvalue weighted by molar-refractivity contribution is 5.85. The van der Waals surface area contributed by atoms with Crippen molar-refractivity contribution in [1.29, 1.82) is 0 Å². The van der Waals surface area contributed by atoms with E-state index in [1.807, 2.05) is 0 Å². The Kier molecular flexibility index (Phi) is 4.63. The summed E-state index contributed by atoms with van der Waals surface area (Å²) in [5.74, 6) is 0.0722. The zero-order chi connectivity index (χ0) is 17.0. The van der Waals surface area contributed by atoms with Gasteiger partial charge in [-0.3, -0.25) is 9.69 Å². The standard InChI is InChI=1S/C15H11F3N2O3/c16-15(17,18)12-4-1-10(2-5-12)8-20(14(22)23)13-6-3-11(9-21)7-19-13/h1-7,9H,8H2,(H,22,23). The predicted molar refractivity (Wildman–Crippen MR) is 75.3 cm³/mol. The van der Waals surface area contributed by atoms with E-state index in [2.05, 4.69) is 4.98 Å². The number of rotatable bonds is 4. The van der Waals surface area contributed by atoms with Crippen LogP contribution in [-0.4, -0.2) is 22.5 Å². The van der Waals surface area contributed by atoms with Crippen molar-refractivity contribution in [2.45, 2.75) is 12.7 Å². The Morgan fingerprint density at radius 3 is 2.26 bits per heavy atom. The monoisotopic (exact) mass is 324 g/mol. The molecule has 0 saturated heterocycles. The van der Waals surface area contributed by atoms with Gasteiger partial charge in [-0.05, 0) is 29.8 Å². The number of carboxylic acid groups (broad SMARTS) is 1. The van der Waals surface area contributed by atoms with Crippen LogP contribution in [-0.2, 0) is 12.7 Å². The largest absolute Gasteiger partial charge is 0.465 e. The third kappa shape index (κ3) is 4.06. The molecule has 23 heavy (non-hydrogen) atoms. The van der Waals surface area contributed by atoms with Crippen LogP contribution in [0.3, 0.4) is 0 Å². The maximum atomic E-state index is 12.5. The van der Waals surface area contributed by atoms with Crippen LogP contribution in [0.5, 0.6) is 0 Å². The van der Waals surface area contributed by atoms with Crippen molar-refractivity contribution in [1.82, 2.24) is 4.98 Å². The molecule has 0 aliphatic carbocycles. The zero-order valence-electron chi connectivity index (χ0n) is 11.6. The Morgan fingerprint density at radius 1 is 1.17 bits per heavy atom. The van der Waals surface area contributed by atoms with Crippen LogP contribution in [0.4, 0.5) is 23.8 Å². The molecule has 1 N–H and O–H groups in total. The second kappa shape index (κ2) is 6.47. The van der Waals surface area contributed by atoms with Crippen LogP contribution >= 0.6 is 0 Å². The van der Waals surface area contributed by atoms with Gasteiger partial charge in [-0.1, -0.05) is 12.1 Å². The molecule has 2 rings (SSSR count). The van der Waals surface area contributed by atoms with Crippen molar-refractivity contribution >= 4 is 18.2 Å². The van der Waals surface area contributed by atoms with E-state index in [0.29, 0.717) is 11.8 Å². The van der Waals surface area contributed by atoms with Gasteiger partial charge in [0.2, 0.25) is 0 Å². The van der Waals surface area contributed by atoms with Crippen molar-refractivity contribution in [3.05, 3.63) is 59.3 Å². The third-order valence-corrected chi connectivity index (χ3v) is 3.04. The molecule has 0 bridgehead atoms. The Hall–Kier alpha value is -2.90. The lowest BCUT2D eigenvalue weighted by molar-refractivity contribution is -0.137. The molecule has 0 fully saturated rings. The zero-order valence-corrected chi connectivity index (χ0v) is 11.6. The average Bonchev–Trinajstić information content (AvgIpc) is 2.52. The number of carbonyl (C=O) groups excluding carboxylic acids is 1. The molecule has 0 aliphatic rings. The number of alkyl halides is 3. The Labute approximate surface area is 129 Å². The predicted octanol–water partition coefficient (Wildman–Crippen LogP) is 3.60. The molecule has 0 radical (unpaired) electrons. The van der Waals surface area contributed by atoms with Gasteiger partial charge in [-0.15, -0.1) is 0 Å². The van der Waals surface area contributed by atoms with Crippen LogP contribution in [0, 0.1) is 0 Å². The number of pyridine rings is 1. The fourth-order valence-electron chi connectivity index (χ4n) is 1.86. The number of benzene rings is 1. The number of aldehydes is 1. The molecule has 8 heteroatoms. The number of halogens is 3. The van der Waals surface area contributed by atoms with Crippen LogP contribution < -0.4 is 4.90 Å². The molecular formula is C15H11F3N2O3. The summed E-state index contributed by atoms with van der Waals surface area (Å²) in [6, 6.07) is 6.94. The molecule has 0 unspecified atom stereocenters. The molecule has 2 aromatic rings. The summed E-state index contributed by atoms with van der Waals surface area (Å²) in [6.45, 7) is -0.166. The second-order valence-electron chi connectivity index (χ2n) is 4.63. The fraction of sp³-hybridized carbons (Fsp3) is 0.133. The minimum atomic E-state index is -4.45. The molecule has 0 saturated carbocycles. The SMILES string of the molecule is O=Cc1ccc(N(Cc2ccc(C(F)(F)F)cc2)C(=O)O)nc1. The first-order chi connectivity index (χ1) is 10.8. The number of hydrogen-bond acceptors (Lipinski definition) is 3. The normalized spacial score (nSPS) is 11.1. The van der Waals surface area contributed by atoms with Crippen molar-refractivity contribution in [3.63, 3.8) is 0 Å². The number of carbonyl (C=O) groups is 2. The maximum Gasteiger partial charge on any atom is 0.416 e. The molecule has 0 aliphatic heterocycles. The van der Waals surface area contributed by atoms with E-state index < -0.39 is 17.8 Å². The lowest BCUT2D eigenvalue weighted by atomic mass is 10.1. The molecule has 1 aromatic heterocycles. The number of anilines is 1. The summed E-state index contributed by atoms with van der Waals surface area (Å²) >= 11 is 0. The molecule has 120 valence electrons. The van der Waals surface area contributed by atoms with Gasteiger partial charge in [0.25, 0.3) is 0 Å². The van der Waals surface area contributed by atoms with Gasteiger partial charge in [0, 0.05) is 11.8 Å². The van der Waals surface area contributed by atoms with Gasteiger partial charge in [-0.25, -0.2) is 9.78 Å². The van der Waals surface area contributed by atoms with Crippen molar-refractivity contribution < 1.29 is 27.9 Å². The van der Waals surface area contributed by atoms with Gasteiger partial charge >= 0.3 is 12.3 Å². The first kappa shape index (κ1) is 16.5. The molecule has 0 spiro atoms. The van der Waals surface area contributed by atoms with Crippen molar-refractivity contribution in [2.75, 3.05) is 4.90 Å². The Balaban J connectivity index is 2.22. The topological polar surface area (TPSA) is 70.5 Å². The Bertz CT molecular complexity index is 697. The third-order valence-electron chi connectivity index (χ3n) is 3.04. The summed E-state index contributed by atoms with van der Waals surface area (Å²) in [7, 11) is 0. The van der Waals surface area contributed by atoms with Gasteiger partial charge in [-0.2, -0.15) is 13.2 Å². The van der Waals surface area contributed by atoms with Crippen molar-refractivity contribution in [2.24, 2.45) is 0 Å². The van der Waals surface area contributed by atoms with Gasteiger partial charge in [0.15, 0.2) is 6.29 Å². The second-order valence-corrected chi connectivity index (χ2v) is 4.63. The maximum absolute atomic E-state index is 12.5. The van der Waals surface area contributed by atoms with E-state index in [9.17, 15) is 27.9 Å². The highest BCUT2D eigenvalue weighted by Gasteiger charge is 2.30. The number of amides is 1. The molecule has 5 nitrogen and oxygen atoms in total. The quantitative estimate of drug-likeness (QED) is 0.872. The molecule has 1 heterocycles.